The van der Waals surface area contributed by atoms with Crippen molar-refractivity contribution in [1.82, 2.24) is 0 Å². The third-order valence-electron chi connectivity index (χ3n) is 4.15. The Morgan fingerprint density at radius 2 is 1.93 bits per heavy atom. The van der Waals surface area contributed by atoms with Gasteiger partial charge in [-0.1, -0.05) is 54.4 Å². The van der Waals surface area contributed by atoms with Crippen molar-refractivity contribution in [2.45, 2.75) is 32.8 Å². The molecule has 28 heavy (non-hydrogen) atoms. The fourth-order valence-corrected chi connectivity index (χ4v) is 4.88. The lowest BCUT2D eigenvalue weighted by molar-refractivity contribution is -0.126. The van der Waals surface area contributed by atoms with Crippen molar-refractivity contribution in [3.05, 3.63) is 59.1 Å². The standard InChI is InChI=1S/C14H18ClN2O2P.C7H8O/c1-2-12-11(18)7-8-20(17-14(9-16)19-12)13-6-4-3-5-10(13)15;1-6-2-4-7(8)5-3-6/h3-6,12H,2,7-9,16H2,1H3;2-5,8H,1H3/b17-14-;. The van der Waals surface area contributed by atoms with E-state index >= 15 is 0 Å². The van der Waals surface area contributed by atoms with E-state index < -0.39 is 14.2 Å². The molecule has 0 spiro atoms. The van der Waals surface area contributed by atoms with Gasteiger partial charge in [-0.05, 0) is 37.7 Å². The fraction of sp³-hybridized carbons (Fsp3) is 0.333. The number of ether oxygens (including phenoxy) is 1. The Balaban J connectivity index is 0.000000292. The molecule has 3 N–H and O–H groups in total. The molecule has 2 atom stereocenters. The topological polar surface area (TPSA) is 84.9 Å². The first-order valence-electron chi connectivity index (χ1n) is 9.19. The Morgan fingerprint density at radius 3 is 2.50 bits per heavy atom. The molecule has 0 aliphatic carbocycles. The summed E-state index contributed by atoms with van der Waals surface area (Å²) in [5, 5.41) is 10.4. The molecule has 7 heteroatoms. The zero-order valence-electron chi connectivity index (χ0n) is 16.1. The minimum atomic E-state index is -0.897. The van der Waals surface area contributed by atoms with E-state index in [1.807, 2.05) is 50.2 Å². The number of phenolic OH excluding ortho intramolecular Hbond substituents is 1. The van der Waals surface area contributed by atoms with Crippen molar-refractivity contribution in [3.63, 3.8) is 0 Å². The predicted molar refractivity (Wildman–Crippen MR) is 117 cm³/mol. The first kappa shape index (κ1) is 22.4. The number of nitrogens with two attached hydrogens (primary N) is 1. The maximum atomic E-state index is 12.1. The summed E-state index contributed by atoms with van der Waals surface area (Å²) >= 11 is 6.22. The second-order valence-electron chi connectivity index (χ2n) is 6.34. The summed E-state index contributed by atoms with van der Waals surface area (Å²) in [6, 6.07) is 14.7. The Kier molecular flexibility index (Phi) is 8.91. The van der Waals surface area contributed by atoms with Gasteiger partial charge in [-0.25, -0.2) is 4.76 Å². The molecular formula is C21H26ClN2O3P. The molecule has 0 bridgehead atoms. The summed E-state index contributed by atoms with van der Waals surface area (Å²) in [6.07, 6.45) is 1.39. The number of ketones is 1. The van der Waals surface area contributed by atoms with Crippen LogP contribution >= 0.6 is 19.7 Å². The van der Waals surface area contributed by atoms with Crippen molar-refractivity contribution in [2.24, 2.45) is 10.5 Å². The Bertz CT molecular complexity index is 791. The SMILES string of the molecule is CCC1O/C(CN)=N\P(c2ccccc2Cl)CCC1=O.Cc1ccc(O)cc1. The molecule has 0 saturated heterocycles. The zero-order chi connectivity index (χ0) is 20.5. The van der Waals surface area contributed by atoms with E-state index in [4.69, 9.17) is 27.2 Å². The van der Waals surface area contributed by atoms with Gasteiger partial charge in [-0.3, -0.25) is 4.79 Å². The number of phenols is 1. The smallest absolute Gasteiger partial charge is 0.202 e. The van der Waals surface area contributed by atoms with Gasteiger partial charge < -0.3 is 15.6 Å². The first-order valence-corrected chi connectivity index (χ1v) is 11.0. The number of carbonyl (C=O) groups excluding carboxylic acids is 1. The molecule has 0 radical (unpaired) electrons. The van der Waals surface area contributed by atoms with Crippen LogP contribution in [0.25, 0.3) is 0 Å². The molecule has 1 aliphatic rings. The van der Waals surface area contributed by atoms with E-state index in [9.17, 15) is 4.79 Å². The van der Waals surface area contributed by atoms with E-state index in [1.165, 1.54) is 5.56 Å². The lowest BCUT2D eigenvalue weighted by Gasteiger charge is -2.23. The van der Waals surface area contributed by atoms with E-state index in [0.29, 0.717) is 35.7 Å². The van der Waals surface area contributed by atoms with Crippen LogP contribution in [0.1, 0.15) is 25.3 Å². The van der Waals surface area contributed by atoms with Crippen molar-refractivity contribution < 1.29 is 14.6 Å². The minimum Gasteiger partial charge on any atom is -0.508 e. The average Bonchev–Trinajstić information content (AvgIpc) is 2.69. The molecule has 1 aliphatic heterocycles. The molecule has 150 valence electrons. The Morgan fingerprint density at radius 1 is 1.25 bits per heavy atom. The van der Waals surface area contributed by atoms with Gasteiger partial charge in [0.15, 0.2) is 11.9 Å². The van der Waals surface area contributed by atoms with Gasteiger partial charge in [0.05, 0.1) is 19.6 Å². The number of benzene rings is 2. The number of halogens is 1. The number of hydrogen-bond acceptors (Lipinski definition) is 5. The van der Waals surface area contributed by atoms with Crippen molar-refractivity contribution >= 4 is 36.7 Å². The van der Waals surface area contributed by atoms with Crippen molar-refractivity contribution in [2.75, 3.05) is 12.7 Å². The van der Waals surface area contributed by atoms with Gasteiger partial charge in [-0.2, -0.15) is 0 Å². The second-order valence-corrected chi connectivity index (χ2v) is 8.67. The lowest BCUT2D eigenvalue weighted by Crippen LogP contribution is -2.32. The Labute approximate surface area is 172 Å². The minimum absolute atomic E-state index is 0.118. The van der Waals surface area contributed by atoms with Gasteiger partial charge in [-0.15, -0.1) is 0 Å². The van der Waals surface area contributed by atoms with Crippen LogP contribution in [0.5, 0.6) is 5.75 Å². The van der Waals surface area contributed by atoms with Crippen molar-refractivity contribution in [3.8, 4) is 5.75 Å². The van der Waals surface area contributed by atoms with Crippen LogP contribution in [-0.2, 0) is 9.53 Å². The third-order valence-corrected chi connectivity index (χ3v) is 6.67. The summed E-state index contributed by atoms with van der Waals surface area (Å²) in [4.78, 5) is 12.1. The quantitative estimate of drug-likeness (QED) is 0.729. The highest BCUT2D eigenvalue weighted by Crippen LogP contribution is 2.40. The molecular weight excluding hydrogens is 395 g/mol. The number of aromatic hydroxyl groups is 1. The van der Waals surface area contributed by atoms with Crippen LogP contribution in [0.3, 0.4) is 0 Å². The van der Waals surface area contributed by atoms with Crippen LogP contribution in [0, 0.1) is 6.92 Å². The number of hydrogen-bond donors (Lipinski definition) is 2. The second kappa shape index (κ2) is 11.2. The molecule has 5 nitrogen and oxygen atoms in total. The van der Waals surface area contributed by atoms with Crippen LogP contribution < -0.4 is 11.0 Å². The van der Waals surface area contributed by atoms with Gasteiger partial charge >= 0.3 is 0 Å². The lowest BCUT2D eigenvalue weighted by atomic mass is 10.1. The van der Waals surface area contributed by atoms with Gasteiger partial charge in [0, 0.05) is 11.7 Å². The molecule has 0 amide bonds. The monoisotopic (exact) mass is 420 g/mol. The highest BCUT2D eigenvalue weighted by Gasteiger charge is 2.25. The maximum absolute atomic E-state index is 12.1. The van der Waals surface area contributed by atoms with Crippen LogP contribution in [0.4, 0.5) is 0 Å². The number of nitrogens with zero attached hydrogens (tertiary/aromatic N) is 1. The normalized spacial score (nSPS) is 21.3. The number of rotatable bonds is 3. The van der Waals surface area contributed by atoms with Crippen LogP contribution in [-0.4, -0.2) is 35.6 Å². The third kappa shape index (κ3) is 6.59. The Hall–Kier alpha value is -1.94. The molecule has 2 aromatic rings. The highest BCUT2D eigenvalue weighted by molar-refractivity contribution is 7.64. The molecule has 3 rings (SSSR count). The molecule has 2 aromatic carbocycles. The molecule has 1 heterocycles. The van der Waals surface area contributed by atoms with Crippen LogP contribution in [0.2, 0.25) is 5.02 Å². The predicted octanol–water partition coefficient (Wildman–Crippen LogP) is 4.19. The van der Waals surface area contributed by atoms with E-state index in [2.05, 4.69) is 4.76 Å². The molecule has 0 aromatic heterocycles. The van der Waals surface area contributed by atoms with E-state index in [-0.39, 0.29) is 12.3 Å². The number of aryl methyl sites for hydroxylation is 1. The molecule has 0 fully saturated rings. The highest BCUT2D eigenvalue weighted by atomic mass is 35.5. The molecule has 2 unspecified atom stereocenters. The van der Waals surface area contributed by atoms with Gasteiger partial charge in [0.1, 0.15) is 5.75 Å². The summed E-state index contributed by atoms with van der Waals surface area (Å²) < 4.78 is 10.3. The molecule has 0 saturated carbocycles. The van der Waals surface area contributed by atoms with Crippen LogP contribution in [0.15, 0.2) is 53.3 Å². The van der Waals surface area contributed by atoms with Gasteiger partial charge in [0.25, 0.3) is 0 Å². The van der Waals surface area contributed by atoms with Gasteiger partial charge in [0.2, 0.25) is 5.90 Å². The average molecular weight is 421 g/mol. The van der Waals surface area contributed by atoms with Crippen molar-refractivity contribution in [1.29, 1.82) is 0 Å². The van der Waals surface area contributed by atoms with E-state index in [0.717, 1.165) is 5.30 Å². The maximum Gasteiger partial charge on any atom is 0.202 e. The fourth-order valence-electron chi connectivity index (χ4n) is 2.60. The summed E-state index contributed by atoms with van der Waals surface area (Å²) in [5.41, 5.74) is 6.84. The van der Waals surface area contributed by atoms with E-state index in [1.54, 1.807) is 12.1 Å². The summed E-state index contributed by atoms with van der Waals surface area (Å²) in [7, 11) is -0.897. The summed E-state index contributed by atoms with van der Waals surface area (Å²) in [5.74, 6) is 0.902. The zero-order valence-corrected chi connectivity index (χ0v) is 17.8. The number of carbonyl (C=O) groups is 1. The first-order chi connectivity index (χ1) is 13.4. The number of Topliss-reactive ketones (excluding diaryl/α,β-unsaturated/α-hetero) is 1. The largest absolute Gasteiger partial charge is 0.508 e. The summed E-state index contributed by atoms with van der Waals surface area (Å²) in [6.45, 7) is 4.11.